The molecule has 1 heterocycles. The summed E-state index contributed by atoms with van der Waals surface area (Å²) in [6, 6.07) is 8.31. The molecule has 1 aliphatic rings. The van der Waals surface area contributed by atoms with Crippen molar-refractivity contribution in [3.05, 3.63) is 35.4 Å². The van der Waals surface area contributed by atoms with E-state index in [0.717, 1.165) is 13.0 Å². The maximum atomic E-state index is 12.4. The van der Waals surface area contributed by atoms with Crippen LogP contribution in [0.5, 0.6) is 0 Å². The number of piperazine rings is 1. The topological polar surface area (TPSA) is 43.9 Å². The first-order valence-electron chi connectivity index (χ1n) is 8.71. The fraction of sp³-hybridized carbons (Fsp3) is 0.579. The number of carbonyl (C=O) groups is 2. The SMILES string of the molecule is Cc1cccc(CCC(=O)N2CCN(C(=O)CCN(C)C)CC2)c1. The van der Waals surface area contributed by atoms with Crippen LogP contribution in [0.15, 0.2) is 24.3 Å². The zero-order valence-corrected chi connectivity index (χ0v) is 15.1. The number of hydrogen-bond acceptors (Lipinski definition) is 3. The molecule has 1 aromatic rings. The summed E-state index contributed by atoms with van der Waals surface area (Å²) < 4.78 is 0. The van der Waals surface area contributed by atoms with Crippen LogP contribution in [0.4, 0.5) is 0 Å². The number of aryl methyl sites for hydroxylation is 2. The minimum absolute atomic E-state index is 0.190. The lowest BCUT2D eigenvalue weighted by Crippen LogP contribution is -2.51. The van der Waals surface area contributed by atoms with Gasteiger partial charge in [-0.25, -0.2) is 0 Å². The standard InChI is InChI=1S/C19H29N3O2/c1-16-5-4-6-17(15-16)7-8-18(23)21-11-13-22(14-12-21)19(24)9-10-20(2)3/h4-6,15H,7-14H2,1-3H3. The van der Waals surface area contributed by atoms with E-state index in [0.29, 0.717) is 39.0 Å². The van der Waals surface area contributed by atoms with Crippen molar-refractivity contribution < 1.29 is 9.59 Å². The molecule has 0 saturated carbocycles. The van der Waals surface area contributed by atoms with Gasteiger partial charge in [0.15, 0.2) is 0 Å². The van der Waals surface area contributed by atoms with Gasteiger partial charge in [-0.1, -0.05) is 29.8 Å². The highest BCUT2D eigenvalue weighted by Crippen LogP contribution is 2.10. The van der Waals surface area contributed by atoms with Gasteiger partial charge in [-0.05, 0) is 33.0 Å². The number of hydrogen-bond donors (Lipinski definition) is 0. The van der Waals surface area contributed by atoms with Gasteiger partial charge in [0.25, 0.3) is 0 Å². The average Bonchev–Trinajstić information content (AvgIpc) is 2.57. The molecule has 0 spiro atoms. The highest BCUT2D eigenvalue weighted by atomic mass is 16.2. The van der Waals surface area contributed by atoms with Gasteiger partial charge in [0, 0.05) is 45.6 Å². The smallest absolute Gasteiger partial charge is 0.223 e. The lowest BCUT2D eigenvalue weighted by molar-refractivity contribution is -0.139. The summed E-state index contributed by atoms with van der Waals surface area (Å²) in [4.78, 5) is 30.3. The number of nitrogens with zero attached hydrogens (tertiary/aromatic N) is 3. The first-order chi connectivity index (χ1) is 11.5. The molecular formula is C19H29N3O2. The maximum Gasteiger partial charge on any atom is 0.223 e. The molecule has 5 nitrogen and oxygen atoms in total. The van der Waals surface area contributed by atoms with Crippen molar-refractivity contribution in [2.24, 2.45) is 0 Å². The second-order valence-electron chi connectivity index (χ2n) is 6.80. The fourth-order valence-electron chi connectivity index (χ4n) is 2.96. The van der Waals surface area contributed by atoms with Crippen LogP contribution in [0.2, 0.25) is 0 Å². The van der Waals surface area contributed by atoms with E-state index in [1.165, 1.54) is 11.1 Å². The van der Waals surface area contributed by atoms with Gasteiger partial charge in [-0.15, -0.1) is 0 Å². The van der Waals surface area contributed by atoms with Crippen molar-refractivity contribution in [1.82, 2.24) is 14.7 Å². The molecule has 132 valence electrons. The van der Waals surface area contributed by atoms with E-state index in [-0.39, 0.29) is 11.8 Å². The van der Waals surface area contributed by atoms with Crippen LogP contribution in [-0.2, 0) is 16.0 Å². The number of amides is 2. The highest BCUT2D eigenvalue weighted by molar-refractivity contribution is 5.78. The second kappa shape index (κ2) is 8.83. The molecule has 0 aliphatic carbocycles. The second-order valence-corrected chi connectivity index (χ2v) is 6.80. The van der Waals surface area contributed by atoms with Crippen LogP contribution in [0, 0.1) is 6.92 Å². The lowest BCUT2D eigenvalue weighted by Gasteiger charge is -2.35. The normalized spacial score (nSPS) is 15.0. The van der Waals surface area contributed by atoms with Crippen molar-refractivity contribution in [3.63, 3.8) is 0 Å². The molecule has 0 atom stereocenters. The summed E-state index contributed by atoms with van der Waals surface area (Å²) in [5.74, 6) is 0.382. The average molecular weight is 331 g/mol. The number of benzene rings is 1. The zero-order chi connectivity index (χ0) is 17.5. The van der Waals surface area contributed by atoms with E-state index in [9.17, 15) is 9.59 Å². The van der Waals surface area contributed by atoms with Gasteiger partial charge in [0.1, 0.15) is 0 Å². The monoisotopic (exact) mass is 331 g/mol. The molecule has 0 bridgehead atoms. The molecule has 0 N–H and O–H groups in total. The van der Waals surface area contributed by atoms with E-state index in [1.54, 1.807) is 0 Å². The predicted octanol–water partition coefficient (Wildman–Crippen LogP) is 1.55. The van der Waals surface area contributed by atoms with Crippen LogP contribution in [0.1, 0.15) is 24.0 Å². The Kier molecular flexibility index (Phi) is 6.79. The van der Waals surface area contributed by atoms with E-state index >= 15 is 0 Å². The Morgan fingerprint density at radius 3 is 2.12 bits per heavy atom. The zero-order valence-electron chi connectivity index (χ0n) is 15.1. The van der Waals surface area contributed by atoms with Crippen molar-refractivity contribution in [3.8, 4) is 0 Å². The van der Waals surface area contributed by atoms with Gasteiger partial charge >= 0.3 is 0 Å². The molecular weight excluding hydrogens is 302 g/mol. The van der Waals surface area contributed by atoms with Gasteiger partial charge in [0.05, 0.1) is 0 Å². The molecule has 1 saturated heterocycles. The van der Waals surface area contributed by atoms with Crippen molar-refractivity contribution in [1.29, 1.82) is 0 Å². The van der Waals surface area contributed by atoms with Crippen molar-refractivity contribution in [2.75, 3.05) is 46.8 Å². The Labute approximate surface area is 145 Å². The molecule has 0 radical (unpaired) electrons. The van der Waals surface area contributed by atoms with E-state index in [1.807, 2.05) is 34.9 Å². The van der Waals surface area contributed by atoms with E-state index < -0.39 is 0 Å². The van der Waals surface area contributed by atoms with Gasteiger partial charge in [-0.2, -0.15) is 0 Å². The first kappa shape index (κ1) is 18.5. The third-order valence-corrected chi connectivity index (χ3v) is 4.47. The van der Waals surface area contributed by atoms with Crippen LogP contribution < -0.4 is 0 Å². The summed E-state index contributed by atoms with van der Waals surface area (Å²) in [7, 11) is 3.94. The van der Waals surface area contributed by atoms with Crippen LogP contribution >= 0.6 is 0 Å². The third-order valence-electron chi connectivity index (χ3n) is 4.47. The Hall–Kier alpha value is -1.88. The molecule has 5 heteroatoms. The molecule has 24 heavy (non-hydrogen) atoms. The largest absolute Gasteiger partial charge is 0.339 e. The molecule has 1 aromatic carbocycles. The summed E-state index contributed by atoms with van der Waals surface area (Å²) in [6.45, 7) is 5.46. The maximum absolute atomic E-state index is 12.4. The molecule has 2 rings (SSSR count). The summed E-state index contributed by atoms with van der Waals surface area (Å²) in [5, 5.41) is 0. The third kappa shape index (κ3) is 5.64. The van der Waals surface area contributed by atoms with Crippen LogP contribution in [0.3, 0.4) is 0 Å². The first-order valence-corrected chi connectivity index (χ1v) is 8.71. The lowest BCUT2D eigenvalue weighted by atomic mass is 10.1. The molecule has 1 aliphatic heterocycles. The van der Waals surface area contributed by atoms with Crippen molar-refractivity contribution >= 4 is 11.8 Å². The van der Waals surface area contributed by atoms with E-state index in [4.69, 9.17) is 0 Å². The van der Waals surface area contributed by atoms with Gasteiger partial charge < -0.3 is 14.7 Å². The number of carbonyl (C=O) groups excluding carboxylic acids is 2. The predicted molar refractivity (Wildman–Crippen MR) is 95.8 cm³/mol. The van der Waals surface area contributed by atoms with Crippen LogP contribution in [0.25, 0.3) is 0 Å². The van der Waals surface area contributed by atoms with Crippen LogP contribution in [-0.4, -0.2) is 73.3 Å². The van der Waals surface area contributed by atoms with Crippen molar-refractivity contribution in [2.45, 2.75) is 26.2 Å². The summed E-state index contributed by atoms with van der Waals surface area (Å²) in [6.07, 6.45) is 1.87. The fourth-order valence-corrected chi connectivity index (χ4v) is 2.96. The Bertz CT molecular complexity index is 563. The minimum atomic E-state index is 0.190. The summed E-state index contributed by atoms with van der Waals surface area (Å²) >= 11 is 0. The highest BCUT2D eigenvalue weighted by Gasteiger charge is 2.23. The Morgan fingerprint density at radius 1 is 1.00 bits per heavy atom. The Balaban J connectivity index is 1.73. The molecule has 2 amide bonds. The minimum Gasteiger partial charge on any atom is -0.339 e. The quantitative estimate of drug-likeness (QED) is 0.794. The molecule has 1 fully saturated rings. The summed E-state index contributed by atoms with van der Waals surface area (Å²) in [5.41, 5.74) is 2.44. The number of rotatable bonds is 6. The van der Waals surface area contributed by atoms with Gasteiger partial charge in [-0.3, -0.25) is 9.59 Å². The Morgan fingerprint density at radius 2 is 1.58 bits per heavy atom. The van der Waals surface area contributed by atoms with E-state index in [2.05, 4.69) is 25.1 Å². The molecule has 0 aromatic heterocycles. The van der Waals surface area contributed by atoms with Gasteiger partial charge in [0.2, 0.25) is 11.8 Å². The molecule has 0 unspecified atom stereocenters.